The molecule has 1 atom stereocenters. The van der Waals surface area contributed by atoms with Crippen molar-refractivity contribution in [1.82, 2.24) is 10.6 Å². The van der Waals surface area contributed by atoms with Gasteiger partial charge in [0.1, 0.15) is 11.0 Å². The predicted octanol–water partition coefficient (Wildman–Crippen LogP) is 3.37. The summed E-state index contributed by atoms with van der Waals surface area (Å²) in [5.74, 6) is -0.387. The van der Waals surface area contributed by atoms with Crippen LogP contribution in [0.5, 0.6) is 0 Å². The van der Waals surface area contributed by atoms with Crippen molar-refractivity contribution in [3.8, 4) is 0 Å². The number of hydrogen-bond acceptors (Lipinski definition) is 2. The van der Waals surface area contributed by atoms with Gasteiger partial charge in [0.15, 0.2) is 0 Å². The lowest BCUT2D eigenvalue weighted by Crippen LogP contribution is -2.52. The molecule has 0 saturated carbocycles. The summed E-state index contributed by atoms with van der Waals surface area (Å²) >= 11 is 11.7. The standard InChI is InChI=1S/C16H15Cl2N3O2/c17-13(18)14(20-15(22)11-7-3-1-4-8-11)21-16(23)19-12-9-5-2-6-10-12/h1-10,13-14H,(H,20,22)(H2,19,21,23)/t14-/m1/s1. The van der Waals surface area contributed by atoms with E-state index in [9.17, 15) is 9.59 Å². The van der Waals surface area contributed by atoms with Gasteiger partial charge in [-0.05, 0) is 24.3 Å². The van der Waals surface area contributed by atoms with E-state index < -0.39 is 17.0 Å². The fourth-order valence-electron chi connectivity index (χ4n) is 1.81. The van der Waals surface area contributed by atoms with Gasteiger partial charge in [0.05, 0.1) is 0 Å². The molecule has 0 bridgehead atoms. The van der Waals surface area contributed by atoms with Crippen LogP contribution >= 0.6 is 23.2 Å². The molecule has 0 aliphatic heterocycles. The maximum Gasteiger partial charge on any atom is 0.320 e. The number of hydrogen-bond donors (Lipinski definition) is 3. The van der Waals surface area contributed by atoms with Crippen molar-refractivity contribution in [2.75, 3.05) is 5.32 Å². The summed E-state index contributed by atoms with van der Waals surface area (Å²) in [7, 11) is 0. The largest absolute Gasteiger partial charge is 0.329 e. The van der Waals surface area contributed by atoms with Gasteiger partial charge in [0.25, 0.3) is 5.91 Å². The third-order valence-corrected chi connectivity index (χ3v) is 3.40. The van der Waals surface area contributed by atoms with Crippen LogP contribution in [0.1, 0.15) is 10.4 Å². The topological polar surface area (TPSA) is 70.2 Å². The number of carbonyl (C=O) groups excluding carboxylic acids is 2. The number of alkyl halides is 2. The molecule has 3 amide bonds. The van der Waals surface area contributed by atoms with Gasteiger partial charge in [0.2, 0.25) is 0 Å². The Morgan fingerprint density at radius 2 is 1.39 bits per heavy atom. The van der Waals surface area contributed by atoms with Crippen molar-refractivity contribution < 1.29 is 9.59 Å². The van der Waals surface area contributed by atoms with Crippen molar-refractivity contribution in [3.63, 3.8) is 0 Å². The number of benzene rings is 2. The van der Waals surface area contributed by atoms with Crippen molar-refractivity contribution in [1.29, 1.82) is 0 Å². The van der Waals surface area contributed by atoms with Crippen molar-refractivity contribution >= 4 is 40.8 Å². The van der Waals surface area contributed by atoms with Crippen LogP contribution in [0.2, 0.25) is 0 Å². The Labute approximate surface area is 144 Å². The second kappa shape index (κ2) is 8.41. The molecule has 2 aromatic rings. The van der Waals surface area contributed by atoms with Gasteiger partial charge in [-0.1, -0.05) is 36.4 Å². The van der Waals surface area contributed by atoms with Crippen LogP contribution < -0.4 is 16.0 Å². The van der Waals surface area contributed by atoms with Crippen LogP contribution in [0.25, 0.3) is 0 Å². The Hall–Kier alpha value is -2.24. The van der Waals surface area contributed by atoms with E-state index in [1.807, 2.05) is 6.07 Å². The molecule has 23 heavy (non-hydrogen) atoms. The van der Waals surface area contributed by atoms with Crippen molar-refractivity contribution in [3.05, 3.63) is 66.2 Å². The van der Waals surface area contributed by atoms with Crippen LogP contribution in [0.3, 0.4) is 0 Å². The Balaban J connectivity index is 1.96. The fourth-order valence-corrected chi connectivity index (χ4v) is 2.06. The molecule has 0 radical (unpaired) electrons. The lowest BCUT2D eigenvalue weighted by Gasteiger charge is -2.21. The number of amides is 3. The number of anilines is 1. The molecule has 5 nitrogen and oxygen atoms in total. The van der Waals surface area contributed by atoms with Crippen LogP contribution in [-0.2, 0) is 0 Å². The fraction of sp³-hybridized carbons (Fsp3) is 0.125. The molecule has 120 valence electrons. The van der Waals surface area contributed by atoms with E-state index in [1.165, 1.54) is 0 Å². The minimum absolute atomic E-state index is 0.387. The summed E-state index contributed by atoms with van der Waals surface area (Å²) in [6.45, 7) is 0. The van der Waals surface area contributed by atoms with E-state index in [2.05, 4.69) is 16.0 Å². The first-order valence-electron chi connectivity index (χ1n) is 6.83. The minimum Gasteiger partial charge on any atom is -0.329 e. The molecule has 7 heteroatoms. The van der Waals surface area contributed by atoms with Crippen LogP contribution in [0.15, 0.2) is 60.7 Å². The lowest BCUT2D eigenvalue weighted by molar-refractivity contribution is 0.0935. The Morgan fingerprint density at radius 3 is 1.96 bits per heavy atom. The van der Waals surface area contributed by atoms with Gasteiger partial charge in [0, 0.05) is 11.3 Å². The highest BCUT2D eigenvalue weighted by Crippen LogP contribution is 2.09. The number of para-hydroxylation sites is 1. The highest BCUT2D eigenvalue weighted by Gasteiger charge is 2.22. The van der Waals surface area contributed by atoms with Crippen LogP contribution in [0, 0.1) is 0 Å². The number of halogens is 2. The van der Waals surface area contributed by atoms with Gasteiger partial charge in [-0.3, -0.25) is 4.79 Å². The third-order valence-electron chi connectivity index (χ3n) is 2.89. The molecule has 0 fully saturated rings. The smallest absolute Gasteiger partial charge is 0.320 e. The van der Waals surface area contributed by atoms with E-state index in [4.69, 9.17) is 23.2 Å². The molecule has 0 aliphatic rings. The van der Waals surface area contributed by atoms with Crippen molar-refractivity contribution in [2.24, 2.45) is 0 Å². The normalized spacial score (nSPS) is 11.6. The molecule has 3 N–H and O–H groups in total. The number of carbonyl (C=O) groups is 2. The Bertz CT molecular complexity index is 651. The molecule has 2 aromatic carbocycles. The quantitative estimate of drug-likeness (QED) is 0.570. The average Bonchev–Trinajstić information content (AvgIpc) is 2.55. The van der Waals surface area contributed by atoms with Gasteiger partial charge >= 0.3 is 6.03 Å². The van der Waals surface area contributed by atoms with Gasteiger partial charge in [-0.2, -0.15) is 0 Å². The van der Waals surface area contributed by atoms with E-state index in [-0.39, 0.29) is 5.91 Å². The third kappa shape index (κ3) is 5.47. The zero-order chi connectivity index (χ0) is 16.7. The summed E-state index contributed by atoms with van der Waals surface area (Å²) in [4.78, 5) is 23.0. The van der Waals surface area contributed by atoms with Gasteiger partial charge < -0.3 is 16.0 Å². The minimum atomic E-state index is -1.01. The van der Waals surface area contributed by atoms with Gasteiger partial charge in [-0.15, -0.1) is 23.2 Å². The molecule has 0 aliphatic carbocycles. The highest BCUT2D eigenvalue weighted by atomic mass is 35.5. The zero-order valence-electron chi connectivity index (χ0n) is 12.0. The lowest BCUT2D eigenvalue weighted by atomic mass is 10.2. The van der Waals surface area contributed by atoms with Gasteiger partial charge in [-0.25, -0.2) is 4.79 Å². The summed E-state index contributed by atoms with van der Waals surface area (Å²) in [5.41, 5.74) is 1.05. The monoisotopic (exact) mass is 351 g/mol. The second-order valence-corrected chi connectivity index (χ2v) is 5.78. The molecule has 0 aromatic heterocycles. The SMILES string of the molecule is O=C(Nc1ccccc1)N[C@@H](NC(=O)c1ccccc1)C(Cl)Cl. The van der Waals surface area contributed by atoms with Crippen LogP contribution in [-0.4, -0.2) is 22.9 Å². The molecular formula is C16H15Cl2N3O2. The maximum absolute atomic E-state index is 12.1. The molecule has 2 rings (SSSR count). The summed E-state index contributed by atoms with van der Waals surface area (Å²) < 4.78 is 0. The first-order valence-corrected chi connectivity index (χ1v) is 7.70. The number of rotatable bonds is 5. The first-order chi connectivity index (χ1) is 11.1. The predicted molar refractivity (Wildman–Crippen MR) is 91.8 cm³/mol. The molecule has 0 saturated heterocycles. The van der Waals surface area contributed by atoms with E-state index >= 15 is 0 Å². The molecular weight excluding hydrogens is 337 g/mol. The molecule has 0 spiro atoms. The summed E-state index contributed by atoms with van der Waals surface area (Å²) in [6, 6.07) is 16.9. The Morgan fingerprint density at radius 1 is 0.826 bits per heavy atom. The first kappa shape index (κ1) is 17.1. The number of nitrogens with one attached hydrogen (secondary N) is 3. The van der Waals surface area contributed by atoms with E-state index in [0.717, 1.165) is 0 Å². The highest BCUT2D eigenvalue weighted by molar-refractivity contribution is 6.45. The number of urea groups is 1. The summed E-state index contributed by atoms with van der Waals surface area (Å²) in [5, 5.41) is 7.72. The van der Waals surface area contributed by atoms with Crippen LogP contribution in [0.4, 0.5) is 10.5 Å². The second-order valence-electron chi connectivity index (χ2n) is 4.62. The molecule has 0 heterocycles. The molecule has 0 unspecified atom stereocenters. The summed E-state index contributed by atoms with van der Waals surface area (Å²) in [6.07, 6.45) is -0.935. The average molecular weight is 352 g/mol. The maximum atomic E-state index is 12.1. The Kier molecular flexibility index (Phi) is 6.26. The van der Waals surface area contributed by atoms with E-state index in [0.29, 0.717) is 11.3 Å². The zero-order valence-corrected chi connectivity index (χ0v) is 13.5. The van der Waals surface area contributed by atoms with Crippen molar-refractivity contribution in [2.45, 2.75) is 11.0 Å². The van der Waals surface area contributed by atoms with E-state index in [1.54, 1.807) is 54.6 Å².